The second kappa shape index (κ2) is 11.5. The maximum absolute atomic E-state index is 13.4. The number of likely N-dealkylation sites (tertiary alicyclic amines) is 1. The number of carboxylic acids is 1. The molecule has 3 atom stereocenters. The summed E-state index contributed by atoms with van der Waals surface area (Å²) in [7, 11) is 0. The van der Waals surface area contributed by atoms with Crippen LogP contribution in [-0.4, -0.2) is 68.1 Å². The van der Waals surface area contributed by atoms with Crippen molar-refractivity contribution in [1.82, 2.24) is 19.4 Å². The predicted molar refractivity (Wildman–Crippen MR) is 172 cm³/mol. The highest BCUT2D eigenvalue weighted by molar-refractivity contribution is 5.97. The van der Waals surface area contributed by atoms with Gasteiger partial charge in [0, 0.05) is 36.8 Å². The Morgan fingerprint density at radius 2 is 1.57 bits per heavy atom. The molecule has 3 aliphatic rings. The quantitative estimate of drug-likeness (QED) is 0.257. The molecule has 3 aromatic carbocycles. The number of nitrogens with zero attached hydrogens (tertiary/aromatic N) is 4. The van der Waals surface area contributed by atoms with Gasteiger partial charge in [0.15, 0.2) is 0 Å². The molecule has 7 heteroatoms. The van der Waals surface area contributed by atoms with Crippen LogP contribution < -0.4 is 0 Å². The van der Waals surface area contributed by atoms with Crippen molar-refractivity contribution in [1.29, 1.82) is 0 Å². The van der Waals surface area contributed by atoms with E-state index in [9.17, 15) is 14.7 Å². The van der Waals surface area contributed by atoms with Crippen LogP contribution in [0.5, 0.6) is 0 Å². The van der Waals surface area contributed by atoms with E-state index >= 15 is 0 Å². The van der Waals surface area contributed by atoms with Gasteiger partial charge in [-0.05, 0) is 107 Å². The molecular formula is C37H42N4O3. The molecule has 1 aromatic heterocycles. The minimum absolute atomic E-state index is 0.0130. The second-order valence-electron chi connectivity index (χ2n) is 13.3. The highest BCUT2D eigenvalue weighted by atomic mass is 16.4. The molecular weight excluding hydrogens is 548 g/mol. The number of para-hydroxylation sites is 2. The molecule has 4 aromatic rings. The summed E-state index contributed by atoms with van der Waals surface area (Å²) in [6, 6.07) is 25.6. The topological polar surface area (TPSA) is 78.7 Å². The number of aromatic nitrogens is 2. The number of amides is 1. The number of carbonyl (C=O) groups is 2. The van der Waals surface area contributed by atoms with E-state index in [-0.39, 0.29) is 16.9 Å². The molecule has 4 heterocycles. The van der Waals surface area contributed by atoms with E-state index in [0.29, 0.717) is 36.8 Å². The van der Waals surface area contributed by atoms with E-state index in [2.05, 4.69) is 71.8 Å². The van der Waals surface area contributed by atoms with Gasteiger partial charge in [-0.1, -0.05) is 48.0 Å². The largest absolute Gasteiger partial charge is 0.478 e. The molecule has 0 saturated carbocycles. The minimum atomic E-state index is -1.01. The van der Waals surface area contributed by atoms with Gasteiger partial charge in [-0.3, -0.25) is 9.69 Å². The number of rotatable bonds is 7. The highest BCUT2D eigenvalue weighted by Gasteiger charge is 2.44. The molecule has 0 aliphatic carbocycles. The van der Waals surface area contributed by atoms with E-state index in [1.165, 1.54) is 54.5 Å². The molecule has 44 heavy (non-hydrogen) atoms. The Kier molecular flexibility index (Phi) is 7.53. The Balaban J connectivity index is 1.07. The average molecular weight is 591 g/mol. The second-order valence-corrected chi connectivity index (χ2v) is 13.3. The van der Waals surface area contributed by atoms with Crippen LogP contribution in [0.4, 0.5) is 0 Å². The van der Waals surface area contributed by atoms with Gasteiger partial charge in [0.25, 0.3) is 5.91 Å². The summed E-state index contributed by atoms with van der Waals surface area (Å²) in [5.41, 5.74) is 5.63. The van der Waals surface area contributed by atoms with Crippen molar-refractivity contribution in [3.63, 3.8) is 0 Å². The van der Waals surface area contributed by atoms with Crippen molar-refractivity contribution in [3.05, 3.63) is 101 Å². The number of fused-ring (bicyclic) bond motifs is 3. The Morgan fingerprint density at radius 3 is 2.30 bits per heavy atom. The van der Waals surface area contributed by atoms with Gasteiger partial charge in [-0.25, -0.2) is 9.78 Å². The number of hydrogen-bond donors (Lipinski definition) is 1. The Hall–Kier alpha value is -3.97. The number of hydrogen-bond acceptors (Lipinski definition) is 4. The molecule has 1 N–H and O–H groups in total. The summed E-state index contributed by atoms with van der Waals surface area (Å²) in [6.07, 6.45) is 7.78. The molecule has 2 unspecified atom stereocenters. The fourth-order valence-electron chi connectivity index (χ4n) is 8.55. The summed E-state index contributed by atoms with van der Waals surface area (Å²) in [5.74, 6) is 0.0371. The van der Waals surface area contributed by atoms with Gasteiger partial charge in [0.2, 0.25) is 0 Å². The van der Waals surface area contributed by atoms with E-state index in [4.69, 9.17) is 4.98 Å². The lowest BCUT2D eigenvalue weighted by Gasteiger charge is -2.46. The fraction of sp³-hybridized carbons (Fsp3) is 0.432. The smallest absolute Gasteiger partial charge is 0.335 e. The zero-order chi connectivity index (χ0) is 30.4. The first-order valence-electron chi connectivity index (χ1n) is 16.2. The van der Waals surface area contributed by atoms with Crippen LogP contribution in [0.2, 0.25) is 0 Å². The van der Waals surface area contributed by atoms with Crippen LogP contribution in [-0.2, 0) is 5.41 Å². The third-order valence-electron chi connectivity index (χ3n) is 10.8. The number of imidazole rings is 1. The van der Waals surface area contributed by atoms with Crippen LogP contribution in [0.3, 0.4) is 0 Å². The molecule has 1 amide bonds. The maximum atomic E-state index is 13.4. The number of carboxylic acid groups (broad SMARTS) is 1. The molecule has 3 fully saturated rings. The Bertz CT molecular complexity index is 1690. The van der Waals surface area contributed by atoms with E-state index in [1.54, 1.807) is 12.1 Å². The van der Waals surface area contributed by atoms with Crippen LogP contribution in [0.1, 0.15) is 88.7 Å². The number of carbonyl (C=O) groups excluding carboxylic acids is 1. The van der Waals surface area contributed by atoms with Gasteiger partial charge >= 0.3 is 5.97 Å². The standard InChI is InChI=1S/C37H42N4O3/c1-25-7-5-10-29(21-25)37(15-18-39(19-16-37)35(42)27-8-6-9-28(22-27)36(43)44)17-20-40-30-13-14-31(40)24-32(23-30)41-26(2)38-33-11-3-4-12-34(33)41/h3-12,21-22,30-32H,13-20,23-24H2,1-2H3,(H,43,44)/t30-,31?,32?/m1/s1. The van der Waals surface area contributed by atoms with E-state index in [0.717, 1.165) is 37.1 Å². The third kappa shape index (κ3) is 5.21. The number of benzene rings is 3. The molecule has 3 aliphatic heterocycles. The summed E-state index contributed by atoms with van der Waals surface area (Å²) >= 11 is 0. The third-order valence-corrected chi connectivity index (χ3v) is 10.8. The lowest BCUT2D eigenvalue weighted by atomic mass is 9.70. The van der Waals surface area contributed by atoms with Crippen molar-refractivity contribution < 1.29 is 14.7 Å². The van der Waals surface area contributed by atoms with Crippen molar-refractivity contribution in [2.24, 2.45) is 0 Å². The van der Waals surface area contributed by atoms with Gasteiger partial charge in [-0.15, -0.1) is 0 Å². The van der Waals surface area contributed by atoms with Crippen LogP contribution in [0, 0.1) is 13.8 Å². The SMILES string of the molecule is Cc1cccc(C2(CCN3C4CC[C@@H]3CC(n3c(C)nc5ccccc53)C4)CCN(C(=O)c3cccc(C(=O)O)c3)CC2)c1. The molecule has 228 valence electrons. The lowest BCUT2D eigenvalue weighted by Crippen LogP contribution is -2.49. The van der Waals surface area contributed by atoms with Gasteiger partial charge < -0.3 is 14.6 Å². The van der Waals surface area contributed by atoms with Crippen LogP contribution >= 0.6 is 0 Å². The monoisotopic (exact) mass is 590 g/mol. The van der Waals surface area contributed by atoms with Crippen molar-refractivity contribution in [2.45, 2.75) is 82.3 Å². The van der Waals surface area contributed by atoms with Gasteiger partial charge in [0.05, 0.1) is 16.6 Å². The maximum Gasteiger partial charge on any atom is 0.335 e. The van der Waals surface area contributed by atoms with Crippen molar-refractivity contribution in [2.75, 3.05) is 19.6 Å². The zero-order valence-electron chi connectivity index (χ0n) is 25.8. The van der Waals surface area contributed by atoms with E-state index in [1.807, 2.05) is 4.90 Å². The first-order chi connectivity index (χ1) is 21.3. The molecule has 0 radical (unpaired) electrons. The van der Waals surface area contributed by atoms with Crippen LogP contribution in [0.15, 0.2) is 72.8 Å². The molecule has 7 rings (SSSR count). The Labute approximate surface area is 259 Å². The first kappa shape index (κ1) is 28.8. The fourth-order valence-corrected chi connectivity index (χ4v) is 8.55. The average Bonchev–Trinajstić information content (AvgIpc) is 3.50. The minimum Gasteiger partial charge on any atom is -0.478 e. The van der Waals surface area contributed by atoms with Crippen molar-refractivity contribution in [3.8, 4) is 0 Å². The first-order valence-corrected chi connectivity index (χ1v) is 16.2. The van der Waals surface area contributed by atoms with Crippen LogP contribution in [0.25, 0.3) is 11.0 Å². The number of aryl methyl sites for hydroxylation is 2. The summed E-state index contributed by atoms with van der Waals surface area (Å²) < 4.78 is 2.51. The Morgan fingerprint density at radius 1 is 0.864 bits per heavy atom. The van der Waals surface area contributed by atoms with Gasteiger partial charge in [-0.2, -0.15) is 0 Å². The summed E-state index contributed by atoms with van der Waals surface area (Å²) in [6.45, 7) is 6.74. The highest BCUT2D eigenvalue weighted by Crippen LogP contribution is 2.45. The van der Waals surface area contributed by atoms with E-state index < -0.39 is 5.97 Å². The number of piperidine rings is 2. The molecule has 0 spiro atoms. The molecule has 2 bridgehead atoms. The molecule has 7 nitrogen and oxygen atoms in total. The predicted octanol–water partition coefficient (Wildman–Crippen LogP) is 6.78. The summed E-state index contributed by atoms with van der Waals surface area (Å²) in [4.78, 5) is 34.5. The van der Waals surface area contributed by atoms with Crippen molar-refractivity contribution >= 4 is 22.9 Å². The molecule has 3 saturated heterocycles. The number of aromatic carboxylic acids is 1. The lowest BCUT2D eigenvalue weighted by molar-refractivity contribution is 0.0607. The zero-order valence-corrected chi connectivity index (χ0v) is 25.8. The van der Waals surface area contributed by atoms with Gasteiger partial charge in [0.1, 0.15) is 5.82 Å². The normalized spacial score (nSPS) is 23.2. The summed E-state index contributed by atoms with van der Waals surface area (Å²) in [5, 5.41) is 9.41.